The lowest BCUT2D eigenvalue weighted by Gasteiger charge is -2.36. The number of rotatable bonds is 10. The summed E-state index contributed by atoms with van der Waals surface area (Å²) in [4.78, 5) is 43.3. The van der Waals surface area contributed by atoms with E-state index in [9.17, 15) is 24.6 Å². The molecule has 2 amide bonds. The Labute approximate surface area is 287 Å². The van der Waals surface area contributed by atoms with Crippen LogP contribution in [0.1, 0.15) is 72.1 Å². The number of carbonyl (C=O) groups is 3. The van der Waals surface area contributed by atoms with Crippen molar-refractivity contribution >= 4 is 29.5 Å². The van der Waals surface area contributed by atoms with Gasteiger partial charge >= 0.3 is 5.97 Å². The highest BCUT2D eigenvalue weighted by molar-refractivity contribution is 7.99. The highest BCUT2D eigenvalue weighted by Crippen LogP contribution is 2.40. The summed E-state index contributed by atoms with van der Waals surface area (Å²) in [5, 5.41) is 19.6. The summed E-state index contributed by atoms with van der Waals surface area (Å²) in [6.07, 6.45) is 0.796. The number of fused-ring (bicyclic) bond motifs is 1. The summed E-state index contributed by atoms with van der Waals surface area (Å²) in [6, 6.07) is 33.3. The van der Waals surface area contributed by atoms with Crippen molar-refractivity contribution in [2.24, 2.45) is 0 Å². The number of hydrogen-bond acceptors (Lipinski definition) is 8. The molecule has 10 heteroatoms. The lowest BCUT2D eigenvalue weighted by Crippen LogP contribution is -2.31. The lowest BCUT2D eigenvalue weighted by atomic mass is 9.99. The fraction of sp³-hybridized carbons (Fsp3) is 0.179. The molecule has 0 spiro atoms. The van der Waals surface area contributed by atoms with E-state index in [1.807, 2.05) is 72.8 Å². The molecule has 2 N–H and O–H groups in total. The number of carbonyl (C=O) groups excluding carboxylic acids is 2. The van der Waals surface area contributed by atoms with Gasteiger partial charge in [-0.2, -0.15) is 0 Å². The minimum Gasteiger partial charge on any atom is -0.478 e. The van der Waals surface area contributed by atoms with Crippen LogP contribution in [0.4, 0.5) is 0 Å². The van der Waals surface area contributed by atoms with Gasteiger partial charge in [0.2, 0.25) is 0 Å². The number of imide groups is 1. The van der Waals surface area contributed by atoms with Crippen LogP contribution in [0.3, 0.4) is 0 Å². The predicted octanol–water partition coefficient (Wildman–Crippen LogP) is 7.07. The molecule has 0 radical (unpaired) electrons. The molecule has 3 heterocycles. The van der Waals surface area contributed by atoms with Crippen LogP contribution in [0.15, 0.2) is 120 Å². The molecule has 7 rings (SSSR count). The van der Waals surface area contributed by atoms with Crippen molar-refractivity contribution < 1.29 is 34.1 Å². The van der Waals surface area contributed by atoms with E-state index in [-0.39, 0.29) is 42.7 Å². The van der Waals surface area contributed by atoms with E-state index >= 15 is 0 Å². The van der Waals surface area contributed by atoms with Crippen molar-refractivity contribution in [1.29, 1.82) is 0 Å². The maximum Gasteiger partial charge on any atom is 0.338 e. The van der Waals surface area contributed by atoms with Crippen molar-refractivity contribution in [2.45, 2.75) is 43.1 Å². The first-order valence-corrected chi connectivity index (χ1v) is 16.8. The van der Waals surface area contributed by atoms with Crippen LogP contribution in [0, 0.1) is 0 Å². The zero-order chi connectivity index (χ0) is 33.9. The molecular formula is C39H32N2O7S. The van der Waals surface area contributed by atoms with Gasteiger partial charge in [0.15, 0.2) is 6.29 Å². The zero-order valence-corrected chi connectivity index (χ0v) is 27.1. The van der Waals surface area contributed by atoms with Crippen LogP contribution in [-0.2, 0) is 22.6 Å². The maximum absolute atomic E-state index is 13.0. The number of nitrogens with zero attached hydrogens (tertiary/aromatic N) is 2. The Morgan fingerprint density at radius 1 is 0.796 bits per heavy atom. The number of hydrogen-bond donors (Lipinski definition) is 2. The molecular weight excluding hydrogens is 641 g/mol. The summed E-state index contributed by atoms with van der Waals surface area (Å²) < 4.78 is 13.1. The monoisotopic (exact) mass is 672 g/mol. The molecule has 9 nitrogen and oxygen atoms in total. The van der Waals surface area contributed by atoms with Gasteiger partial charge in [-0.15, -0.1) is 11.8 Å². The number of pyridine rings is 1. The molecule has 0 aliphatic carbocycles. The maximum atomic E-state index is 13.0. The Morgan fingerprint density at radius 3 is 2.22 bits per heavy atom. The number of aliphatic hydroxyl groups excluding tert-OH is 1. The van der Waals surface area contributed by atoms with Gasteiger partial charge in [-0.05, 0) is 64.2 Å². The molecule has 4 aromatic carbocycles. The first-order chi connectivity index (χ1) is 23.9. The van der Waals surface area contributed by atoms with Crippen molar-refractivity contribution in [1.82, 2.24) is 9.88 Å². The van der Waals surface area contributed by atoms with E-state index in [0.717, 1.165) is 33.4 Å². The first kappa shape index (κ1) is 32.4. The van der Waals surface area contributed by atoms with Crippen LogP contribution < -0.4 is 0 Å². The van der Waals surface area contributed by atoms with E-state index in [1.165, 1.54) is 22.7 Å². The minimum atomic E-state index is -1.03. The van der Waals surface area contributed by atoms with Gasteiger partial charge in [-0.3, -0.25) is 14.5 Å². The summed E-state index contributed by atoms with van der Waals surface area (Å²) in [7, 11) is 0. The fourth-order valence-electron chi connectivity index (χ4n) is 6.14. The van der Waals surface area contributed by atoms with Gasteiger partial charge < -0.3 is 19.7 Å². The normalized spacial score (nSPS) is 18.8. The van der Waals surface area contributed by atoms with E-state index in [1.54, 1.807) is 36.5 Å². The van der Waals surface area contributed by atoms with E-state index in [2.05, 4.69) is 4.98 Å². The van der Waals surface area contributed by atoms with Crippen LogP contribution in [0.2, 0.25) is 0 Å². The van der Waals surface area contributed by atoms with Crippen molar-refractivity contribution in [3.8, 4) is 11.1 Å². The number of aromatic nitrogens is 1. The third kappa shape index (κ3) is 6.90. The highest BCUT2D eigenvalue weighted by atomic mass is 32.2. The molecule has 2 aliphatic rings. The smallest absolute Gasteiger partial charge is 0.338 e. The zero-order valence-electron chi connectivity index (χ0n) is 26.3. The average molecular weight is 673 g/mol. The summed E-state index contributed by atoms with van der Waals surface area (Å²) in [5.41, 5.74) is 6.18. The quantitative estimate of drug-likeness (QED) is 0.118. The summed E-state index contributed by atoms with van der Waals surface area (Å²) in [5.74, 6) is -1.17. The number of aliphatic hydroxyl groups is 1. The minimum absolute atomic E-state index is 0.0565. The van der Waals surface area contributed by atoms with E-state index in [4.69, 9.17) is 9.47 Å². The number of amides is 2. The van der Waals surface area contributed by atoms with Gasteiger partial charge in [0.1, 0.15) is 5.03 Å². The SMILES string of the molecule is O=C(O)c1cccnc1SC[C@@H]1C[C@H](c2ccc(CO)cc2)O[C@H](c2cccc(-c3cccc(CN4C(=O)c5ccccc5C4=O)c3)c2)O1. The molecule has 0 unspecified atom stereocenters. The predicted molar refractivity (Wildman–Crippen MR) is 183 cm³/mol. The van der Waals surface area contributed by atoms with E-state index in [0.29, 0.717) is 28.3 Å². The number of benzene rings is 4. The van der Waals surface area contributed by atoms with Gasteiger partial charge in [-0.25, -0.2) is 9.78 Å². The molecule has 0 bridgehead atoms. The van der Waals surface area contributed by atoms with Crippen LogP contribution in [0.5, 0.6) is 0 Å². The second kappa shape index (κ2) is 14.2. The molecule has 1 fully saturated rings. The Hall–Kier alpha value is -5.13. The largest absolute Gasteiger partial charge is 0.478 e. The van der Waals surface area contributed by atoms with Crippen molar-refractivity contribution in [3.63, 3.8) is 0 Å². The lowest BCUT2D eigenvalue weighted by molar-refractivity contribution is -0.245. The number of aromatic carboxylic acids is 1. The second-order valence-corrected chi connectivity index (χ2v) is 12.9. The van der Waals surface area contributed by atoms with Crippen molar-refractivity contribution in [2.75, 3.05) is 5.75 Å². The van der Waals surface area contributed by atoms with Gasteiger partial charge in [0.25, 0.3) is 11.8 Å². The molecule has 2 aliphatic heterocycles. The van der Waals surface area contributed by atoms with Crippen LogP contribution in [-0.4, -0.2) is 49.7 Å². The number of thioether (sulfide) groups is 1. The van der Waals surface area contributed by atoms with Gasteiger partial charge in [-0.1, -0.05) is 72.8 Å². The number of carboxylic acids is 1. The molecule has 1 saturated heterocycles. The summed E-state index contributed by atoms with van der Waals surface area (Å²) in [6.45, 7) is 0.101. The number of ether oxygens (including phenoxy) is 2. The third-order valence-corrected chi connectivity index (χ3v) is 9.80. The molecule has 246 valence electrons. The number of carboxylic acid groups (broad SMARTS) is 1. The van der Waals surface area contributed by atoms with E-state index < -0.39 is 12.3 Å². The standard InChI is InChI=1S/C39H32N2O7S/c42-22-24-13-15-26(16-14-24)34-20-30(23-49-35-33(38(45)46)12-5-17-40-35)47-39(48-34)29-9-4-8-28(19-29)27-7-3-6-25(18-27)21-41-36(43)31-10-1-2-11-32(31)37(41)44/h1-19,30,34,39,42H,20-23H2,(H,45,46)/t30-,34+,39+/m0/s1. The van der Waals surface area contributed by atoms with Crippen LogP contribution in [0.25, 0.3) is 11.1 Å². The molecule has 1 aromatic heterocycles. The molecule has 0 saturated carbocycles. The Morgan fingerprint density at radius 2 is 1.51 bits per heavy atom. The van der Waals surface area contributed by atoms with Crippen LogP contribution >= 0.6 is 11.8 Å². The molecule has 49 heavy (non-hydrogen) atoms. The fourth-order valence-corrected chi connectivity index (χ4v) is 7.15. The van der Waals surface area contributed by atoms with Gasteiger partial charge in [0.05, 0.1) is 42.0 Å². The highest BCUT2D eigenvalue weighted by Gasteiger charge is 2.35. The topological polar surface area (TPSA) is 126 Å². The van der Waals surface area contributed by atoms with Gasteiger partial charge in [0, 0.05) is 23.9 Å². The Balaban J connectivity index is 1.13. The Kier molecular flexibility index (Phi) is 9.36. The second-order valence-electron chi connectivity index (χ2n) is 11.9. The third-order valence-electron chi connectivity index (χ3n) is 8.66. The molecule has 5 aromatic rings. The van der Waals surface area contributed by atoms with Crippen molar-refractivity contribution in [3.05, 3.63) is 154 Å². The summed E-state index contributed by atoms with van der Waals surface area (Å²) >= 11 is 1.34. The first-order valence-electron chi connectivity index (χ1n) is 15.8. The Bertz CT molecular complexity index is 2000. The molecule has 3 atom stereocenters. The average Bonchev–Trinajstić information content (AvgIpc) is 3.38.